The molecule has 7 heteroatoms. The number of fused-ring (bicyclic) bond motifs is 1. The second-order valence-electron chi connectivity index (χ2n) is 6.74. The van der Waals surface area contributed by atoms with Gasteiger partial charge in [-0.1, -0.05) is 23.7 Å². The Kier molecular flexibility index (Phi) is 5.82. The van der Waals surface area contributed by atoms with Crippen molar-refractivity contribution < 1.29 is 23.0 Å². The van der Waals surface area contributed by atoms with E-state index in [1.165, 1.54) is 12.1 Å². The van der Waals surface area contributed by atoms with Gasteiger partial charge < -0.3 is 18.6 Å². The molecular weight excluding hydrogens is 423 g/mol. The van der Waals surface area contributed by atoms with Gasteiger partial charge in [0.1, 0.15) is 41.0 Å². The van der Waals surface area contributed by atoms with Crippen LogP contribution in [0, 0.1) is 12.7 Å². The minimum Gasteiger partial charge on any atom is -0.497 e. The van der Waals surface area contributed by atoms with Gasteiger partial charge in [-0.05, 0) is 43.3 Å². The van der Waals surface area contributed by atoms with Gasteiger partial charge in [0.25, 0.3) is 0 Å². The van der Waals surface area contributed by atoms with E-state index in [0.717, 1.165) is 0 Å². The second-order valence-corrected chi connectivity index (χ2v) is 7.15. The third-order valence-corrected chi connectivity index (χ3v) is 5.05. The molecule has 4 aromatic rings. The predicted molar refractivity (Wildman–Crippen MR) is 116 cm³/mol. The summed E-state index contributed by atoms with van der Waals surface area (Å²) in [7, 11) is 1.55. The molecule has 0 saturated carbocycles. The van der Waals surface area contributed by atoms with Crippen molar-refractivity contribution >= 4 is 22.6 Å². The molecule has 0 amide bonds. The Hall–Kier alpha value is -3.51. The highest BCUT2D eigenvalue weighted by molar-refractivity contribution is 6.31. The summed E-state index contributed by atoms with van der Waals surface area (Å²) >= 11 is 6.03. The first-order valence-corrected chi connectivity index (χ1v) is 9.79. The van der Waals surface area contributed by atoms with Crippen LogP contribution in [-0.4, -0.2) is 7.11 Å². The van der Waals surface area contributed by atoms with Gasteiger partial charge in [-0.25, -0.2) is 4.39 Å². The standard InChI is InChI=1S/C24H18ClFO5/c1-14-24(31-17-6-3-5-15(11-17)28-2)23(27)18-10-9-16(12-22(18)30-14)29-13-19-20(25)7-4-8-21(19)26/h3-12H,13H2,1-2H3. The van der Waals surface area contributed by atoms with Gasteiger partial charge in [0, 0.05) is 17.7 Å². The topological polar surface area (TPSA) is 57.9 Å². The minimum atomic E-state index is -0.449. The number of hydrogen-bond acceptors (Lipinski definition) is 5. The van der Waals surface area contributed by atoms with Gasteiger partial charge >= 0.3 is 0 Å². The Morgan fingerprint density at radius 3 is 2.55 bits per heavy atom. The highest BCUT2D eigenvalue weighted by Crippen LogP contribution is 2.29. The molecule has 0 aliphatic heterocycles. The minimum absolute atomic E-state index is 0.0583. The summed E-state index contributed by atoms with van der Waals surface area (Å²) in [6, 6.07) is 16.1. The molecule has 1 aromatic heterocycles. The van der Waals surface area contributed by atoms with Crippen LogP contribution in [0.2, 0.25) is 5.02 Å². The first-order valence-electron chi connectivity index (χ1n) is 9.41. The lowest BCUT2D eigenvalue weighted by Crippen LogP contribution is -2.07. The van der Waals surface area contributed by atoms with E-state index in [-0.39, 0.29) is 28.4 Å². The van der Waals surface area contributed by atoms with E-state index >= 15 is 0 Å². The van der Waals surface area contributed by atoms with Crippen molar-refractivity contribution in [3.05, 3.63) is 93.1 Å². The molecule has 0 atom stereocenters. The third-order valence-electron chi connectivity index (χ3n) is 4.69. The van der Waals surface area contributed by atoms with Crippen molar-refractivity contribution in [3.8, 4) is 23.0 Å². The molecule has 1 heterocycles. The number of aryl methyl sites for hydroxylation is 1. The fourth-order valence-corrected chi connectivity index (χ4v) is 3.30. The molecule has 0 unspecified atom stereocenters. The Morgan fingerprint density at radius 2 is 1.77 bits per heavy atom. The summed E-state index contributed by atoms with van der Waals surface area (Å²) in [5.41, 5.74) is 0.270. The molecule has 4 rings (SSSR count). The summed E-state index contributed by atoms with van der Waals surface area (Å²) in [4.78, 5) is 13.0. The maximum Gasteiger partial charge on any atom is 0.235 e. The zero-order chi connectivity index (χ0) is 22.0. The number of ether oxygens (including phenoxy) is 3. The molecule has 158 valence electrons. The fraction of sp³-hybridized carbons (Fsp3) is 0.125. The monoisotopic (exact) mass is 440 g/mol. The molecule has 0 saturated heterocycles. The molecule has 0 bridgehead atoms. The first-order chi connectivity index (χ1) is 15.0. The second kappa shape index (κ2) is 8.70. The van der Waals surface area contributed by atoms with Gasteiger partial charge in [-0.15, -0.1) is 0 Å². The summed E-state index contributed by atoms with van der Waals surface area (Å²) in [5, 5.41) is 0.613. The lowest BCUT2D eigenvalue weighted by molar-refractivity contribution is 0.300. The Bertz CT molecular complexity index is 1300. The van der Waals surface area contributed by atoms with Crippen molar-refractivity contribution in [2.24, 2.45) is 0 Å². The summed E-state index contributed by atoms with van der Waals surface area (Å²) in [6.45, 7) is 1.58. The van der Waals surface area contributed by atoms with Gasteiger partial charge in [-0.3, -0.25) is 4.79 Å². The summed E-state index contributed by atoms with van der Waals surface area (Å²) in [6.07, 6.45) is 0. The van der Waals surface area contributed by atoms with Crippen LogP contribution >= 0.6 is 11.6 Å². The first kappa shape index (κ1) is 20.8. The third kappa shape index (κ3) is 4.34. The zero-order valence-electron chi connectivity index (χ0n) is 16.8. The molecule has 0 aliphatic carbocycles. The number of hydrogen-bond donors (Lipinski definition) is 0. The van der Waals surface area contributed by atoms with E-state index in [1.807, 2.05) is 0 Å². The van der Waals surface area contributed by atoms with Crippen LogP contribution in [0.15, 0.2) is 69.9 Å². The summed E-state index contributed by atoms with van der Waals surface area (Å²) in [5.74, 6) is 1.43. The van der Waals surface area contributed by atoms with Gasteiger partial charge in [-0.2, -0.15) is 0 Å². The zero-order valence-corrected chi connectivity index (χ0v) is 17.5. The van der Waals surface area contributed by atoms with Crippen LogP contribution < -0.4 is 19.6 Å². The number of benzene rings is 3. The van der Waals surface area contributed by atoms with Crippen molar-refractivity contribution in [1.29, 1.82) is 0 Å². The lowest BCUT2D eigenvalue weighted by atomic mass is 10.2. The highest BCUT2D eigenvalue weighted by Gasteiger charge is 2.15. The van der Waals surface area contributed by atoms with Crippen LogP contribution in [0.5, 0.6) is 23.0 Å². The van der Waals surface area contributed by atoms with E-state index in [2.05, 4.69) is 0 Å². The Balaban J connectivity index is 1.62. The van der Waals surface area contributed by atoms with Crippen molar-refractivity contribution in [2.45, 2.75) is 13.5 Å². The van der Waals surface area contributed by atoms with E-state index < -0.39 is 5.82 Å². The average Bonchev–Trinajstić information content (AvgIpc) is 2.76. The molecule has 0 N–H and O–H groups in total. The van der Waals surface area contributed by atoms with Crippen LogP contribution in [-0.2, 0) is 6.61 Å². The van der Waals surface area contributed by atoms with Crippen molar-refractivity contribution in [1.82, 2.24) is 0 Å². The molecule has 0 radical (unpaired) electrons. The van der Waals surface area contributed by atoms with Gasteiger partial charge in [0.15, 0.2) is 0 Å². The molecule has 0 spiro atoms. The number of halogens is 2. The SMILES string of the molecule is COc1cccc(Oc2c(C)oc3cc(OCc4c(F)cccc4Cl)ccc3c2=O)c1. The molecule has 0 aliphatic rings. The van der Waals surface area contributed by atoms with Crippen LogP contribution in [0.3, 0.4) is 0 Å². The molecular formula is C24H18ClFO5. The van der Waals surface area contributed by atoms with Crippen molar-refractivity contribution in [3.63, 3.8) is 0 Å². The lowest BCUT2D eigenvalue weighted by Gasteiger charge is -2.11. The maximum absolute atomic E-state index is 13.9. The van der Waals surface area contributed by atoms with Gasteiger partial charge in [0.2, 0.25) is 11.2 Å². The highest BCUT2D eigenvalue weighted by atomic mass is 35.5. The largest absolute Gasteiger partial charge is 0.497 e. The Labute approximate surface area is 182 Å². The molecule has 3 aromatic carbocycles. The van der Waals surface area contributed by atoms with Crippen LogP contribution in [0.4, 0.5) is 4.39 Å². The van der Waals surface area contributed by atoms with E-state index in [4.69, 9.17) is 30.2 Å². The van der Waals surface area contributed by atoms with E-state index in [9.17, 15) is 9.18 Å². The van der Waals surface area contributed by atoms with Gasteiger partial charge in [0.05, 0.1) is 17.5 Å². The quantitative estimate of drug-likeness (QED) is 0.353. The van der Waals surface area contributed by atoms with E-state index in [0.29, 0.717) is 34.0 Å². The predicted octanol–water partition coefficient (Wildman–Crippen LogP) is 6.27. The van der Waals surface area contributed by atoms with Crippen LogP contribution in [0.25, 0.3) is 11.0 Å². The molecule has 0 fully saturated rings. The molecule has 5 nitrogen and oxygen atoms in total. The summed E-state index contributed by atoms with van der Waals surface area (Å²) < 4.78 is 36.4. The van der Waals surface area contributed by atoms with Crippen molar-refractivity contribution in [2.75, 3.05) is 7.11 Å². The number of rotatable bonds is 6. The average molecular weight is 441 g/mol. The number of methoxy groups -OCH3 is 1. The normalized spacial score (nSPS) is 10.8. The van der Waals surface area contributed by atoms with Crippen LogP contribution in [0.1, 0.15) is 11.3 Å². The van der Waals surface area contributed by atoms with E-state index in [1.54, 1.807) is 62.6 Å². The smallest absolute Gasteiger partial charge is 0.235 e. The Morgan fingerprint density at radius 1 is 1.00 bits per heavy atom. The fourth-order valence-electron chi connectivity index (χ4n) is 3.08. The molecule has 31 heavy (non-hydrogen) atoms. The maximum atomic E-state index is 13.9.